The highest BCUT2D eigenvalue weighted by Crippen LogP contribution is 2.20. The summed E-state index contributed by atoms with van der Waals surface area (Å²) >= 11 is 0. The molecule has 0 saturated carbocycles. The Hall–Kier alpha value is -2.81. The molecule has 0 saturated heterocycles. The summed E-state index contributed by atoms with van der Waals surface area (Å²) < 4.78 is 25.8. The normalized spacial score (nSPS) is 11.1. The van der Waals surface area contributed by atoms with E-state index in [0.29, 0.717) is 0 Å². The SMILES string of the molecule is N#C/C(=N\c1ccc(F)c(F)c1)c1ccncc1O. The van der Waals surface area contributed by atoms with Gasteiger partial charge in [0.25, 0.3) is 0 Å². The van der Waals surface area contributed by atoms with E-state index in [1.54, 1.807) is 6.07 Å². The van der Waals surface area contributed by atoms with Crippen LogP contribution >= 0.6 is 0 Å². The average molecular weight is 259 g/mol. The molecule has 94 valence electrons. The maximum atomic E-state index is 13.0. The molecule has 0 aliphatic heterocycles. The summed E-state index contributed by atoms with van der Waals surface area (Å²) in [6.07, 6.45) is 2.54. The lowest BCUT2D eigenvalue weighted by atomic mass is 10.1. The smallest absolute Gasteiger partial charge is 0.160 e. The van der Waals surface area contributed by atoms with Gasteiger partial charge in [0.05, 0.1) is 17.4 Å². The second-order valence-electron chi connectivity index (χ2n) is 3.56. The minimum absolute atomic E-state index is 0.0756. The number of aliphatic imine (C=N–C) groups is 1. The van der Waals surface area contributed by atoms with Crippen LogP contribution in [0.4, 0.5) is 14.5 Å². The second-order valence-corrected chi connectivity index (χ2v) is 3.56. The van der Waals surface area contributed by atoms with Crippen LogP contribution in [0.1, 0.15) is 5.56 Å². The van der Waals surface area contributed by atoms with E-state index >= 15 is 0 Å². The summed E-state index contributed by atoms with van der Waals surface area (Å²) in [6.45, 7) is 0. The van der Waals surface area contributed by atoms with Gasteiger partial charge < -0.3 is 5.11 Å². The van der Waals surface area contributed by atoms with Crippen molar-refractivity contribution in [2.75, 3.05) is 0 Å². The Kier molecular flexibility index (Phi) is 3.48. The van der Waals surface area contributed by atoms with Crippen LogP contribution in [0.2, 0.25) is 0 Å². The Morgan fingerprint density at radius 2 is 2.05 bits per heavy atom. The third-order valence-corrected chi connectivity index (χ3v) is 2.31. The van der Waals surface area contributed by atoms with Crippen molar-refractivity contribution in [1.29, 1.82) is 5.26 Å². The number of nitrogens with zero attached hydrogens (tertiary/aromatic N) is 3. The Labute approximate surface area is 107 Å². The summed E-state index contributed by atoms with van der Waals surface area (Å²) in [6, 6.07) is 6.20. The molecule has 2 aromatic rings. The molecule has 1 aromatic heterocycles. The van der Waals surface area contributed by atoms with Gasteiger partial charge in [0.2, 0.25) is 0 Å². The summed E-state index contributed by atoms with van der Waals surface area (Å²) in [5, 5.41) is 18.6. The first kappa shape index (κ1) is 12.6. The Morgan fingerprint density at radius 1 is 1.26 bits per heavy atom. The van der Waals surface area contributed by atoms with E-state index in [1.807, 2.05) is 0 Å². The van der Waals surface area contributed by atoms with Crippen LogP contribution in [0, 0.1) is 23.0 Å². The third-order valence-electron chi connectivity index (χ3n) is 2.31. The first-order chi connectivity index (χ1) is 9.11. The zero-order valence-electron chi connectivity index (χ0n) is 9.51. The van der Waals surface area contributed by atoms with Crippen LogP contribution in [0.5, 0.6) is 5.75 Å². The van der Waals surface area contributed by atoms with E-state index in [0.717, 1.165) is 18.3 Å². The minimum atomic E-state index is -1.06. The zero-order valence-corrected chi connectivity index (χ0v) is 9.51. The van der Waals surface area contributed by atoms with E-state index in [-0.39, 0.29) is 22.7 Å². The molecule has 1 aromatic carbocycles. The van der Waals surface area contributed by atoms with E-state index in [2.05, 4.69) is 9.98 Å². The molecular weight excluding hydrogens is 252 g/mol. The van der Waals surface area contributed by atoms with Crippen LogP contribution in [0.25, 0.3) is 0 Å². The number of hydrogen-bond acceptors (Lipinski definition) is 4. The van der Waals surface area contributed by atoms with Crippen molar-refractivity contribution in [3.63, 3.8) is 0 Å². The molecule has 4 nitrogen and oxygen atoms in total. The van der Waals surface area contributed by atoms with Gasteiger partial charge in [-0.05, 0) is 18.2 Å². The van der Waals surface area contributed by atoms with Crippen LogP contribution in [-0.2, 0) is 0 Å². The highest BCUT2D eigenvalue weighted by Gasteiger charge is 2.09. The minimum Gasteiger partial charge on any atom is -0.506 e. The van der Waals surface area contributed by atoms with Gasteiger partial charge in [0.1, 0.15) is 11.8 Å². The first-order valence-corrected chi connectivity index (χ1v) is 5.19. The average Bonchev–Trinajstić information content (AvgIpc) is 2.41. The van der Waals surface area contributed by atoms with E-state index in [1.165, 1.54) is 18.3 Å². The molecule has 0 aliphatic carbocycles. The molecule has 0 aliphatic rings. The molecule has 0 radical (unpaired) electrons. The number of aromatic nitrogens is 1. The monoisotopic (exact) mass is 259 g/mol. The molecule has 1 N–H and O–H groups in total. The summed E-state index contributed by atoms with van der Waals surface area (Å²) in [7, 11) is 0. The van der Waals surface area contributed by atoms with Gasteiger partial charge in [-0.15, -0.1) is 0 Å². The number of nitriles is 1. The van der Waals surface area contributed by atoms with Crippen LogP contribution in [0.15, 0.2) is 41.7 Å². The lowest BCUT2D eigenvalue weighted by molar-refractivity contribution is 0.471. The van der Waals surface area contributed by atoms with Gasteiger partial charge in [-0.3, -0.25) is 4.98 Å². The molecule has 6 heteroatoms. The van der Waals surface area contributed by atoms with Gasteiger partial charge in [-0.25, -0.2) is 13.8 Å². The molecule has 1 heterocycles. The highest BCUT2D eigenvalue weighted by molar-refractivity contribution is 6.14. The van der Waals surface area contributed by atoms with E-state index < -0.39 is 11.6 Å². The quantitative estimate of drug-likeness (QED) is 0.843. The summed E-state index contributed by atoms with van der Waals surface area (Å²) in [4.78, 5) is 7.54. The highest BCUT2D eigenvalue weighted by atomic mass is 19.2. The van der Waals surface area contributed by atoms with Gasteiger partial charge in [-0.1, -0.05) is 0 Å². The summed E-state index contributed by atoms with van der Waals surface area (Å²) in [5.41, 5.74) is 0.125. The molecular formula is C13H7F2N3O. The van der Waals surface area contributed by atoms with Crippen molar-refractivity contribution < 1.29 is 13.9 Å². The number of aromatic hydroxyl groups is 1. The van der Waals surface area contributed by atoms with Gasteiger partial charge in [-0.2, -0.15) is 5.26 Å². The largest absolute Gasteiger partial charge is 0.506 e. The van der Waals surface area contributed by atoms with Crippen molar-refractivity contribution in [3.8, 4) is 11.8 Å². The fourth-order valence-electron chi connectivity index (χ4n) is 1.42. The Balaban J connectivity index is 2.48. The van der Waals surface area contributed by atoms with Crippen molar-refractivity contribution in [2.45, 2.75) is 0 Å². The number of benzene rings is 1. The molecule has 0 unspecified atom stereocenters. The Bertz CT molecular complexity index is 693. The maximum Gasteiger partial charge on any atom is 0.160 e. The number of halogens is 2. The standard InChI is InChI=1S/C13H7F2N3O/c14-10-2-1-8(5-11(10)15)18-12(6-16)9-3-4-17-7-13(9)19/h1-5,7,19H/b18-12+. The fourth-order valence-corrected chi connectivity index (χ4v) is 1.42. The number of rotatable bonds is 2. The van der Waals surface area contributed by atoms with Crippen molar-refractivity contribution in [3.05, 3.63) is 53.9 Å². The van der Waals surface area contributed by atoms with Gasteiger partial charge >= 0.3 is 0 Å². The Morgan fingerprint density at radius 3 is 2.68 bits per heavy atom. The maximum absolute atomic E-state index is 13.0. The lowest BCUT2D eigenvalue weighted by Crippen LogP contribution is -1.97. The van der Waals surface area contributed by atoms with Crippen molar-refractivity contribution >= 4 is 11.4 Å². The van der Waals surface area contributed by atoms with Crippen LogP contribution < -0.4 is 0 Å². The topological polar surface area (TPSA) is 69.3 Å². The molecule has 2 rings (SSSR count). The predicted molar refractivity (Wildman–Crippen MR) is 64.1 cm³/mol. The second kappa shape index (κ2) is 5.23. The van der Waals surface area contributed by atoms with Gasteiger partial charge in [0.15, 0.2) is 17.3 Å². The molecule has 0 spiro atoms. The molecule has 0 bridgehead atoms. The van der Waals surface area contributed by atoms with E-state index in [4.69, 9.17) is 5.26 Å². The third kappa shape index (κ3) is 2.72. The molecule has 0 atom stereocenters. The van der Waals surface area contributed by atoms with Crippen molar-refractivity contribution in [1.82, 2.24) is 4.98 Å². The van der Waals surface area contributed by atoms with E-state index in [9.17, 15) is 13.9 Å². The number of hydrogen-bond donors (Lipinski definition) is 1. The molecule has 0 amide bonds. The van der Waals surface area contributed by atoms with Crippen LogP contribution in [0.3, 0.4) is 0 Å². The molecule has 19 heavy (non-hydrogen) atoms. The van der Waals surface area contributed by atoms with Crippen molar-refractivity contribution in [2.24, 2.45) is 4.99 Å². The molecule has 0 fully saturated rings. The lowest BCUT2D eigenvalue weighted by Gasteiger charge is -2.01. The number of pyridine rings is 1. The summed E-state index contributed by atoms with van der Waals surface area (Å²) in [5.74, 6) is -2.27. The zero-order chi connectivity index (χ0) is 13.8. The van der Waals surface area contributed by atoms with Crippen LogP contribution in [-0.4, -0.2) is 15.8 Å². The predicted octanol–water partition coefficient (Wildman–Crippen LogP) is 2.71. The fraction of sp³-hybridized carbons (Fsp3) is 0. The van der Waals surface area contributed by atoms with Gasteiger partial charge in [0, 0.05) is 12.3 Å². The first-order valence-electron chi connectivity index (χ1n) is 5.19.